The first-order valence-electron chi connectivity index (χ1n) is 30.9. The molecule has 26 heteroatoms. The van der Waals surface area contributed by atoms with Crippen LogP contribution >= 0.6 is 0 Å². The molecule has 2 unspecified atom stereocenters. The Kier molecular flexibility index (Phi) is 38.8. The van der Waals surface area contributed by atoms with Gasteiger partial charge in [-0.2, -0.15) is 5.26 Å². The van der Waals surface area contributed by atoms with E-state index < -0.39 is 39.7 Å². The third kappa shape index (κ3) is 31.8. The van der Waals surface area contributed by atoms with Crippen LogP contribution in [0, 0.1) is 18.3 Å². The van der Waals surface area contributed by atoms with Gasteiger partial charge in [-0.25, -0.2) is 13.4 Å². The predicted octanol–water partition coefficient (Wildman–Crippen LogP) is 9.21. The van der Waals surface area contributed by atoms with Gasteiger partial charge < -0.3 is 63.8 Å². The number of ether oxygens (including phenoxy) is 8. The standard InChI is InChI=1S/C63H95N7O18S/c1-47(87-59(77)29-15-8-20-34-72)45-70(46-48(2)88-60(78)30-16-9-21-35-73)32-41-89(79,80)55-43-53(81-4)52(42-54(55)82-5)68-69-61-49(3)51(44-64)62(67-63(61)66-50-24-12-6-13-25-50)65-31-38-83-39-40-86-58(76)28-18-11-23-37-85-57(75)27-17-10-22-36-84-56(74)26-14-7-19-33-71/h6,12-13,24-25,42-43,47-48,71-73H,7-11,14-23,26-41,45-46H2,1-5H3,(H2,65,66,67)/b69-68+. The molecule has 5 N–H and O–H groups in total. The molecule has 0 fully saturated rings. The Morgan fingerprint density at radius 3 is 1.61 bits per heavy atom. The molecule has 3 aromatic rings. The topological polar surface area (TPSA) is 343 Å². The molecule has 0 bridgehead atoms. The van der Waals surface area contributed by atoms with E-state index in [9.17, 15) is 37.7 Å². The van der Waals surface area contributed by atoms with Crippen LogP contribution in [0.25, 0.3) is 0 Å². The molecule has 0 saturated carbocycles. The van der Waals surface area contributed by atoms with Crippen LogP contribution in [0.4, 0.5) is 28.7 Å². The van der Waals surface area contributed by atoms with E-state index in [0.29, 0.717) is 108 Å². The van der Waals surface area contributed by atoms with Crippen molar-refractivity contribution in [2.75, 3.05) is 110 Å². The minimum Gasteiger partial charge on any atom is -0.495 e. The van der Waals surface area contributed by atoms with Gasteiger partial charge in [0.05, 0.1) is 52.0 Å². The highest BCUT2D eigenvalue weighted by Crippen LogP contribution is 2.41. The molecule has 0 saturated heterocycles. The molecular weight excluding hydrogens is 1170 g/mol. The van der Waals surface area contributed by atoms with Crippen molar-refractivity contribution in [2.24, 2.45) is 10.2 Å². The number of hydrogen-bond donors (Lipinski definition) is 5. The van der Waals surface area contributed by atoms with E-state index in [4.69, 9.17) is 58.2 Å². The molecule has 496 valence electrons. The van der Waals surface area contributed by atoms with Gasteiger partial charge >= 0.3 is 29.8 Å². The molecule has 2 aromatic carbocycles. The molecular formula is C63H95N7O18S. The number of sulfone groups is 1. The van der Waals surface area contributed by atoms with Gasteiger partial charge in [0.15, 0.2) is 15.7 Å². The number of benzene rings is 2. The number of para-hydroxylation sites is 1. The number of pyridine rings is 1. The number of nitrogens with zero attached hydrogens (tertiary/aromatic N) is 5. The van der Waals surface area contributed by atoms with E-state index in [1.807, 2.05) is 30.3 Å². The van der Waals surface area contributed by atoms with Gasteiger partial charge in [-0.3, -0.25) is 28.9 Å². The number of rotatable bonds is 50. The van der Waals surface area contributed by atoms with Crippen molar-refractivity contribution in [2.45, 2.75) is 166 Å². The van der Waals surface area contributed by atoms with E-state index >= 15 is 0 Å². The first kappa shape index (κ1) is 76.2. The van der Waals surface area contributed by atoms with E-state index in [1.165, 1.54) is 26.4 Å². The van der Waals surface area contributed by atoms with Crippen molar-refractivity contribution in [3.8, 4) is 17.6 Å². The van der Waals surface area contributed by atoms with Gasteiger partial charge in [-0.05, 0) is 110 Å². The number of hydrogen-bond acceptors (Lipinski definition) is 25. The maximum atomic E-state index is 14.3. The predicted molar refractivity (Wildman–Crippen MR) is 333 cm³/mol. The average molecular weight is 1270 g/mol. The second kappa shape index (κ2) is 45.3. The normalized spacial score (nSPS) is 12.0. The van der Waals surface area contributed by atoms with E-state index in [0.717, 1.165) is 12.8 Å². The molecule has 0 aliphatic carbocycles. The number of anilines is 3. The smallest absolute Gasteiger partial charge is 0.306 e. The summed E-state index contributed by atoms with van der Waals surface area (Å²) in [6, 6.07) is 14.0. The zero-order valence-corrected chi connectivity index (χ0v) is 53.5. The monoisotopic (exact) mass is 1270 g/mol. The minimum atomic E-state index is -4.15. The third-order valence-corrected chi connectivity index (χ3v) is 15.4. The van der Waals surface area contributed by atoms with Gasteiger partial charge in [0.25, 0.3) is 0 Å². The number of carbonyl (C=O) groups is 5. The lowest BCUT2D eigenvalue weighted by Gasteiger charge is -2.28. The lowest BCUT2D eigenvalue weighted by Crippen LogP contribution is -2.41. The lowest BCUT2D eigenvalue weighted by molar-refractivity contribution is -0.151. The molecule has 0 radical (unpaired) electrons. The van der Waals surface area contributed by atoms with Crippen LogP contribution in [0.15, 0.2) is 57.6 Å². The lowest BCUT2D eigenvalue weighted by atomic mass is 10.1. The number of nitriles is 1. The highest BCUT2D eigenvalue weighted by atomic mass is 32.2. The van der Waals surface area contributed by atoms with Crippen molar-refractivity contribution in [3.05, 3.63) is 53.6 Å². The summed E-state index contributed by atoms with van der Waals surface area (Å²) in [6.45, 7) is 6.59. The zero-order chi connectivity index (χ0) is 65.1. The third-order valence-electron chi connectivity index (χ3n) is 13.7. The van der Waals surface area contributed by atoms with Crippen LogP contribution in [0.2, 0.25) is 0 Å². The number of aliphatic hydroxyl groups is 3. The molecule has 89 heavy (non-hydrogen) atoms. The number of azo groups is 1. The molecule has 0 aliphatic rings. The Balaban J connectivity index is 1.61. The second-order valence-electron chi connectivity index (χ2n) is 21.2. The van der Waals surface area contributed by atoms with Crippen molar-refractivity contribution in [1.29, 1.82) is 5.26 Å². The van der Waals surface area contributed by atoms with E-state index in [2.05, 4.69) is 26.9 Å². The Hall–Kier alpha value is -7.02. The largest absolute Gasteiger partial charge is 0.495 e. The number of methoxy groups -OCH3 is 2. The van der Waals surface area contributed by atoms with E-state index in [1.54, 1.807) is 25.7 Å². The summed E-state index contributed by atoms with van der Waals surface area (Å²) >= 11 is 0. The molecule has 0 aliphatic heterocycles. The first-order chi connectivity index (χ1) is 43.0. The van der Waals surface area contributed by atoms with Gasteiger partial charge in [0, 0.05) is 101 Å². The number of carbonyl (C=O) groups excluding carboxylic acids is 5. The van der Waals surface area contributed by atoms with Crippen LogP contribution in [-0.4, -0.2) is 175 Å². The SMILES string of the molecule is COc1cc(S(=O)(=O)CCN(CC(C)OC(=O)CCCCCO)CC(C)OC(=O)CCCCCO)c(OC)cc1/N=N/c1c(Nc2ccccc2)nc(NCCOCCOC(=O)CCCCCOC(=O)CCCCCOC(=O)CCCCCO)c(C#N)c1C. The molecule has 3 rings (SSSR count). The van der Waals surface area contributed by atoms with Crippen LogP contribution in [-0.2, 0) is 62.2 Å². The summed E-state index contributed by atoms with van der Waals surface area (Å²) in [6.07, 6.45) is 9.44. The maximum Gasteiger partial charge on any atom is 0.306 e. The highest BCUT2D eigenvalue weighted by Gasteiger charge is 2.27. The molecule has 0 amide bonds. The molecule has 2 atom stereocenters. The summed E-state index contributed by atoms with van der Waals surface area (Å²) in [5, 5.41) is 52.9. The Morgan fingerprint density at radius 2 is 1.11 bits per heavy atom. The van der Waals surface area contributed by atoms with Crippen molar-refractivity contribution in [3.63, 3.8) is 0 Å². The van der Waals surface area contributed by atoms with Gasteiger partial charge in [-0.15, -0.1) is 10.2 Å². The average Bonchev–Trinajstić information content (AvgIpc) is 1.12. The van der Waals surface area contributed by atoms with Gasteiger partial charge in [0.1, 0.15) is 58.5 Å². The fraction of sp³-hybridized carbons (Fsp3) is 0.635. The minimum absolute atomic E-state index is 0.0271. The van der Waals surface area contributed by atoms with Crippen LogP contribution in [0.3, 0.4) is 0 Å². The Morgan fingerprint density at radius 1 is 0.618 bits per heavy atom. The summed E-state index contributed by atoms with van der Waals surface area (Å²) < 4.78 is 72.7. The molecule has 1 aromatic heterocycles. The Labute approximate surface area is 524 Å². The van der Waals surface area contributed by atoms with Crippen LogP contribution in [0.1, 0.15) is 153 Å². The quantitative estimate of drug-likeness (QED) is 0.0152. The fourth-order valence-electron chi connectivity index (χ4n) is 9.01. The van der Waals surface area contributed by atoms with Crippen molar-refractivity contribution in [1.82, 2.24) is 9.88 Å². The van der Waals surface area contributed by atoms with E-state index in [-0.39, 0.29) is 161 Å². The number of aliphatic hydroxyl groups excluding tert-OH is 3. The molecule has 0 spiro atoms. The summed E-state index contributed by atoms with van der Waals surface area (Å²) in [5.74, 6) is -1.74. The van der Waals surface area contributed by atoms with Crippen LogP contribution < -0.4 is 20.1 Å². The molecule has 1 heterocycles. The first-order valence-corrected chi connectivity index (χ1v) is 32.5. The zero-order valence-electron chi connectivity index (χ0n) is 52.6. The highest BCUT2D eigenvalue weighted by molar-refractivity contribution is 7.91. The van der Waals surface area contributed by atoms with Gasteiger partial charge in [-0.1, -0.05) is 37.5 Å². The van der Waals surface area contributed by atoms with Crippen molar-refractivity contribution < 1.29 is 85.6 Å². The summed E-state index contributed by atoms with van der Waals surface area (Å²) in [4.78, 5) is 67.7. The summed E-state index contributed by atoms with van der Waals surface area (Å²) in [7, 11) is -1.49. The second-order valence-corrected chi connectivity index (χ2v) is 23.3. The maximum absolute atomic E-state index is 14.3. The van der Waals surface area contributed by atoms with Crippen molar-refractivity contribution >= 4 is 68.4 Å². The van der Waals surface area contributed by atoms with Gasteiger partial charge in [0.2, 0.25) is 0 Å². The summed E-state index contributed by atoms with van der Waals surface area (Å²) in [5.41, 5.74) is 1.51. The number of nitrogens with one attached hydrogen (secondary N) is 2. The Bertz CT molecular complexity index is 2730. The fourth-order valence-corrected chi connectivity index (χ4v) is 10.5. The number of esters is 5. The van der Waals surface area contributed by atoms with Crippen LogP contribution in [0.5, 0.6) is 11.5 Å². The molecule has 25 nitrogen and oxygen atoms in total. The number of aromatic nitrogens is 1. The number of unbranched alkanes of at least 4 members (excludes halogenated alkanes) is 10.